The van der Waals surface area contributed by atoms with E-state index in [1.807, 2.05) is 13.0 Å². The van der Waals surface area contributed by atoms with Crippen LogP contribution >= 0.6 is 11.6 Å². The van der Waals surface area contributed by atoms with Crippen LogP contribution in [-0.2, 0) is 7.05 Å². The molecule has 0 spiro atoms. The molecule has 0 radical (unpaired) electrons. The summed E-state index contributed by atoms with van der Waals surface area (Å²) in [5, 5.41) is 4.30. The molecule has 2 bridgehead atoms. The zero-order valence-electron chi connectivity index (χ0n) is 11.8. The van der Waals surface area contributed by atoms with Crippen LogP contribution in [0.3, 0.4) is 0 Å². The van der Waals surface area contributed by atoms with Crippen LogP contribution in [-0.4, -0.2) is 26.7 Å². The van der Waals surface area contributed by atoms with Gasteiger partial charge in [0.05, 0.1) is 5.52 Å². The summed E-state index contributed by atoms with van der Waals surface area (Å²) < 4.78 is 15.3. The number of rotatable bonds is 2. The summed E-state index contributed by atoms with van der Waals surface area (Å²) in [6, 6.07) is 1.85. The predicted molar refractivity (Wildman–Crippen MR) is 78.3 cm³/mol. The fourth-order valence-corrected chi connectivity index (χ4v) is 4.25. The van der Waals surface area contributed by atoms with Crippen molar-refractivity contribution in [3.8, 4) is 0 Å². The van der Waals surface area contributed by atoms with Gasteiger partial charge < -0.3 is 9.88 Å². The Morgan fingerprint density at radius 2 is 2.14 bits per heavy atom. The highest BCUT2D eigenvalue weighted by atomic mass is 35.5. The number of carbonyl (C=O) groups excluding carboxylic acids is 1. The highest BCUT2D eigenvalue weighted by Crippen LogP contribution is 2.63. The Kier molecular flexibility index (Phi) is 2.35. The number of hydrogen-bond acceptors (Lipinski definition) is 2. The van der Waals surface area contributed by atoms with E-state index in [-0.39, 0.29) is 11.4 Å². The third kappa shape index (κ3) is 1.61. The van der Waals surface area contributed by atoms with Gasteiger partial charge in [-0.3, -0.25) is 4.79 Å². The van der Waals surface area contributed by atoms with Crippen molar-refractivity contribution in [1.29, 1.82) is 0 Å². The number of alkyl halides is 1. The van der Waals surface area contributed by atoms with E-state index in [0.717, 1.165) is 16.5 Å². The van der Waals surface area contributed by atoms with Gasteiger partial charge in [-0.25, -0.2) is 9.37 Å². The van der Waals surface area contributed by atoms with Crippen molar-refractivity contribution in [1.82, 2.24) is 14.9 Å². The Bertz CT molecular complexity index is 778. The quantitative estimate of drug-likeness (QED) is 0.867. The molecule has 3 aliphatic carbocycles. The molecule has 0 atom stereocenters. The molecule has 110 valence electrons. The molecule has 21 heavy (non-hydrogen) atoms. The normalized spacial score (nSPS) is 29.9. The molecule has 3 fully saturated rings. The van der Waals surface area contributed by atoms with Crippen molar-refractivity contribution in [2.24, 2.45) is 7.05 Å². The second-order valence-corrected chi connectivity index (χ2v) is 6.80. The largest absolute Gasteiger partial charge is 0.345 e. The maximum absolute atomic E-state index is 13.6. The first-order valence-electron chi connectivity index (χ1n) is 6.95. The molecule has 6 heteroatoms. The van der Waals surface area contributed by atoms with Gasteiger partial charge in [0.15, 0.2) is 5.15 Å². The van der Waals surface area contributed by atoms with Gasteiger partial charge in [-0.1, -0.05) is 11.6 Å². The van der Waals surface area contributed by atoms with Crippen LogP contribution in [0.5, 0.6) is 0 Å². The molecule has 3 saturated carbocycles. The smallest absolute Gasteiger partial charge is 0.268 e. The Morgan fingerprint density at radius 1 is 1.48 bits per heavy atom. The number of amides is 1. The zero-order chi connectivity index (χ0) is 15.0. The fraction of sp³-hybridized carbons (Fsp3) is 0.467. The average Bonchev–Trinajstić information content (AvgIpc) is 2.60. The summed E-state index contributed by atoms with van der Waals surface area (Å²) in [4.78, 5) is 16.7. The van der Waals surface area contributed by atoms with E-state index in [1.165, 1.54) is 0 Å². The van der Waals surface area contributed by atoms with Crippen LogP contribution < -0.4 is 5.32 Å². The number of nitrogens with one attached hydrogen (secondary N) is 1. The van der Waals surface area contributed by atoms with Gasteiger partial charge in [0.1, 0.15) is 11.4 Å². The van der Waals surface area contributed by atoms with Crippen LogP contribution in [0.15, 0.2) is 12.3 Å². The molecule has 2 aromatic heterocycles. The third-order valence-electron chi connectivity index (χ3n) is 4.87. The van der Waals surface area contributed by atoms with E-state index in [0.29, 0.717) is 30.1 Å². The minimum absolute atomic E-state index is 0.163. The van der Waals surface area contributed by atoms with Gasteiger partial charge in [-0.2, -0.15) is 0 Å². The number of pyridine rings is 1. The first kappa shape index (κ1) is 13.1. The summed E-state index contributed by atoms with van der Waals surface area (Å²) in [6.45, 7) is 1.90. The summed E-state index contributed by atoms with van der Waals surface area (Å²) in [5.74, 6) is -0.163. The molecule has 2 aromatic rings. The van der Waals surface area contributed by atoms with Gasteiger partial charge in [0, 0.05) is 43.4 Å². The molecule has 4 nitrogen and oxygen atoms in total. The lowest BCUT2D eigenvalue weighted by atomic mass is 9.47. The predicted octanol–water partition coefficient (Wildman–Crippen LogP) is 2.91. The molecular weight excluding hydrogens is 293 g/mol. The van der Waals surface area contributed by atoms with Gasteiger partial charge in [0.25, 0.3) is 5.91 Å². The molecule has 0 unspecified atom stereocenters. The monoisotopic (exact) mass is 307 g/mol. The van der Waals surface area contributed by atoms with E-state index in [9.17, 15) is 9.18 Å². The molecule has 1 amide bonds. The SMILES string of the molecule is Cc1c(C(=O)NC23CC(F)(C2)C3)n(C)c2c(Cl)nccc12. The van der Waals surface area contributed by atoms with Crippen LogP contribution in [0.2, 0.25) is 5.15 Å². The Hall–Kier alpha value is -1.62. The molecule has 1 N–H and O–H groups in total. The van der Waals surface area contributed by atoms with Crippen molar-refractivity contribution in [2.45, 2.75) is 37.4 Å². The highest BCUT2D eigenvalue weighted by molar-refractivity contribution is 6.34. The first-order valence-corrected chi connectivity index (χ1v) is 7.33. The van der Waals surface area contributed by atoms with E-state index in [1.54, 1.807) is 17.8 Å². The molecule has 2 heterocycles. The number of hydrogen-bond donors (Lipinski definition) is 1. The molecule has 0 aliphatic heterocycles. The van der Waals surface area contributed by atoms with Crippen LogP contribution in [0.4, 0.5) is 4.39 Å². The lowest BCUT2D eigenvalue weighted by Crippen LogP contribution is -2.76. The van der Waals surface area contributed by atoms with E-state index < -0.39 is 5.67 Å². The number of fused-ring (bicyclic) bond motifs is 1. The van der Waals surface area contributed by atoms with Crippen molar-refractivity contribution >= 4 is 28.4 Å². The summed E-state index contributed by atoms with van der Waals surface area (Å²) in [6.07, 6.45) is 2.96. The van der Waals surface area contributed by atoms with Crippen LogP contribution in [0, 0.1) is 6.92 Å². The summed E-state index contributed by atoms with van der Waals surface area (Å²) in [7, 11) is 1.80. The molecular formula is C15H15ClFN3O. The van der Waals surface area contributed by atoms with Crippen LogP contribution in [0.25, 0.3) is 10.9 Å². The maximum Gasteiger partial charge on any atom is 0.268 e. The number of carbonyl (C=O) groups is 1. The summed E-state index contributed by atoms with van der Waals surface area (Å²) >= 11 is 6.14. The highest BCUT2D eigenvalue weighted by Gasteiger charge is 2.70. The fourth-order valence-electron chi connectivity index (χ4n) is 3.96. The minimum atomic E-state index is -1.02. The Labute approximate surface area is 126 Å². The number of aryl methyl sites for hydroxylation is 2. The first-order chi connectivity index (χ1) is 9.84. The second kappa shape index (κ2) is 3.77. The lowest BCUT2D eigenvalue weighted by molar-refractivity contribution is -0.162. The number of halogens is 2. The molecule has 0 saturated heterocycles. The standard InChI is InChI=1S/C15H15ClFN3O/c1-8-9-3-4-18-12(16)11(9)20(2)10(8)13(21)19-15-5-14(17,6-15)7-15/h3-4H,5-7H2,1-2H3,(H,19,21). The van der Waals surface area contributed by atoms with Gasteiger partial charge in [0.2, 0.25) is 0 Å². The van der Waals surface area contributed by atoms with Crippen molar-refractivity contribution in [3.05, 3.63) is 28.7 Å². The molecule has 5 rings (SSSR count). The van der Waals surface area contributed by atoms with Crippen molar-refractivity contribution < 1.29 is 9.18 Å². The average molecular weight is 308 g/mol. The van der Waals surface area contributed by atoms with E-state index >= 15 is 0 Å². The minimum Gasteiger partial charge on any atom is -0.345 e. The van der Waals surface area contributed by atoms with Crippen molar-refractivity contribution in [2.75, 3.05) is 0 Å². The van der Waals surface area contributed by atoms with Gasteiger partial charge in [-0.05, 0) is 18.6 Å². The van der Waals surface area contributed by atoms with Gasteiger partial charge in [-0.15, -0.1) is 0 Å². The topological polar surface area (TPSA) is 46.9 Å². The lowest BCUT2D eigenvalue weighted by Gasteiger charge is -2.65. The van der Waals surface area contributed by atoms with Gasteiger partial charge >= 0.3 is 0 Å². The Balaban J connectivity index is 1.73. The maximum atomic E-state index is 13.6. The van der Waals surface area contributed by atoms with Crippen molar-refractivity contribution in [3.63, 3.8) is 0 Å². The third-order valence-corrected chi connectivity index (χ3v) is 5.15. The molecule has 0 aromatic carbocycles. The Morgan fingerprint density at radius 3 is 2.71 bits per heavy atom. The summed E-state index contributed by atoms with van der Waals surface area (Å²) in [5.41, 5.74) is 0.848. The van der Waals surface area contributed by atoms with E-state index in [2.05, 4.69) is 10.3 Å². The number of nitrogens with zero attached hydrogens (tertiary/aromatic N) is 2. The second-order valence-electron chi connectivity index (χ2n) is 6.45. The van der Waals surface area contributed by atoms with E-state index in [4.69, 9.17) is 11.6 Å². The molecule has 3 aliphatic rings. The zero-order valence-corrected chi connectivity index (χ0v) is 12.6. The number of aromatic nitrogens is 2. The van der Waals surface area contributed by atoms with Crippen LogP contribution in [0.1, 0.15) is 35.3 Å².